The molecule has 3 aliphatic rings. The summed E-state index contributed by atoms with van der Waals surface area (Å²) in [5.41, 5.74) is 14.4. The van der Waals surface area contributed by atoms with Crippen molar-refractivity contribution in [3.63, 3.8) is 0 Å². The fourth-order valence-corrected chi connectivity index (χ4v) is 11.9. The largest absolute Gasteiger partial charge is 0.497 e. The quantitative estimate of drug-likeness (QED) is 0.0336. The van der Waals surface area contributed by atoms with Crippen molar-refractivity contribution in [2.45, 2.75) is 115 Å². The van der Waals surface area contributed by atoms with Crippen LogP contribution in [0.1, 0.15) is 134 Å². The Balaban J connectivity index is 0.000000201. The Morgan fingerprint density at radius 3 is 1.57 bits per heavy atom. The standard InChI is InChI=1S/C36H43N5O3.C33H43N5O/c1-41(2)21-8-7-20-37-36-38-24-27-23-32(30-11-5-6-12-31(30)35(27)40-36)25-14-16-28(17-15-25)39-34(42)13-9-10-26-22-29(43-3)18-19-33(26)44-4;1-38(2)20-10-9-19-34-33-35-23-26-22-30(28-13-7-8-14-29(28)32(26)37-33)25-15-17-27(18-16-25)36-31(39)21-24-11-5-3-4-6-12-24/h5-6,11-12,14-19,22,24,32H,7-10,13,20-21,23H2,1-4H3,(H,39,42)(H,37,38,40);7-8,13-18,23-24,30H,3-6,9-12,19-22H2,1-2H3,(H,36,39)(H,34,35,37). The predicted octanol–water partition coefficient (Wildman–Crippen LogP) is 13.4. The Morgan fingerprint density at radius 2 is 1.07 bits per heavy atom. The number of carbonyl (C=O) groups is 2. The zero-order valence-electron chi connectivity index (χ0n) is 49.8. The van der Waals surface area contributed by atoms with Gasteiger partial charge in [-0.15, -0.1) is 0 Å². The minimum Gasteiger partial charge on any atom is -0.497 e. The van der Waals surface area contributed by atoms with Crippen LogP contribution in [0.15, 0.2) is 128 Å². The van der Waals surface area contributed by atoms with Gasteiger partial charge in [0.05, 0.1) is 25.6 Å². The first-order valence-electron chi connectivity index (χ1n) is 30.2. The molecule has 2 amide bonds. The number of unbranched alkanes of at least 4 members (excludes halogenated alkanes) is 2. The lowest BCUT2D eigenvalue weighted by Crippen LogP contribution is -2.17. The molecule has 83 heavy (non-hydrogen) atoms. The number of ether oxygens (including phenoxy) is 2. The van der Waals surface area contributed by atoms with E-state index in [1.165, 1.54) is 71.9 Å². The van der Waals surface area contributed by atoms with E-state index in [9.17, 15) is 9.59 Å². The maximum Gasteiger partial charge on any atom is 0.224 e. The third-order valence-electron chi connectivity index (χ3n) is 16.4. The summed E-state index contributed by atoms with van der Waals surface area (Å²) in [4.78, 5) is 49.0. The van der Waals surface area contributed by atoms with E-state index in [4.69, 9.17) is 19.4 Å². The molecule has 436 valence electrons. The number of nitrogens with zero attached hydrogens (tertiary/aromatic N) is 6. The third-order valence-corrected chi connectivity index (χ3v) is 16.4. The monoisotopic (exact) mass is 1120 g/mol. The number of methoxy groups -OCH3 is 2. The highest BCUT2D eigenvalue weighted by Gasteiger charge is 2.29. The van der Waals surface area contributed by atoms with Crippen molar-refractivity contribution in [3.8, 4) is 34.0 Å². The molecule has 14 heteroatoms. The van der Waals surface area contributed by atoms with Crippen LogP contribution in [0.2, 0.25) is 0 Å². The lowest BCUT2D eigenvalue weighted by atomic mass is 9.78. The van der Waals surface area contributed by atoms with Gasteiger partial charge in [-0.2, -0.15) is 0 Å². The molecule has 3 aliphatic carbocycles. The Bertz CT molecular complexity index is 3210. The second-order valence-electron chi connectivity index (χ2n) is 23.1. The van der Waals surface area contributed by atoms with Gasteiger partial charge in [0.1, 0.15) is 11.5 Å². The highest BCUT2D eigenvalue weighted by molar-refractivity contribution is 5.91. The van der Waals surface area contributed by atoms with Crippen molar-refractivity contribution in [1.82, 2.24) is 29.7 Å². The normalized spacial score (nSPS) is 15.3. The van der Waals surface area contributed by atoms with E-state index in [0.29, 0.717) is 37.1 Å². The molecule has 10 rings (SSSR count). The zero-order valence-corrected chi connectivity index (χ0v) is 49.8. The number of benzene rings is 5. The van der Waals surface area contributed by atoms with E-state index >= 15 is 0 Å². The number of fused-ring (bicyclic) bond motifs is 6. The van der Waals surface area contributed by atoms with Crippen molar-refractivity contribution in [1.29, 1.82) is 0 Å². The number of amides is 2. The average molecular weight is 1120 g/mol. The number of rotatable bonds is 24. The lowest BCUT2D eigenvalue weighted by Gasteiger charge is -2.27. The summed E-state index contributed by atoms with van der Waals surface area (Å²) in [5.74, 6) is 4.08. The number of hydrogen-bond donors (Lipinski definition) is 4. The van der Waals surface area contributed by atoms with E-state index in [2.05, 4.69) is 154 Å². The molecule has 1 fully saturated rings. The fourth-order valence-electron chi connectivity index (χ4n) is 11.9. The van der Waals surface area contributed by atoms with Crippen LogP contribution in [0.5, 0.6) is 11.5 Å². The minimum atomic E-state index is -0.00388. The van der Waals surface area contributed by atoms with Gasteiger partial charge in [0.15, 0.2) is 0 Å². The summed E-state index contributed by atoms with van der Waals surface area (Å²) in [6, 6.07) is 39.5. The van der Waals surface area contributed by atoms with Crippen LogP contribution in [0.25, 0.3) is 22.5 Å². The van der Waals surface area contributed by atoms with Gasteiger partial charge >= 0.3 is 0 Å². The van der Waals surface area contributed by atoms with E-state index in [1.807, 2.05) is 42.7 Å². The first-order chi connectivity index (χ1) is 40.5. The molecule has 1 saturated carbocycles. The highest BCUT2D eigenvalue weighted by atomic mass is 16.5. The first-order valence-corrected chi connectivity index (χ1v) is 30.2. The summed E-state index contributed by atoms with van der Waals surface area (Å²) in [6.45, 7) is 3.91. The number of nitrogens with one attached hydrogen (secondary N) is 4. The Hall–Kier alpha value is -7.68. The maximum absolute atomic E-state index is 12.7. The molecule has 2 unspecified atom stereocenters. The molecule has 0 radical (unpaired) electrons. The van der Waals surface area contributed by atoms with Gasteiger partial charge in [-0.3, -0.25) is 9.59 Å². The molecule has 14 nitrogen and oxygen atoms in total. The van der Waals surface area contributed by atoms with Gasteiger partial charge < -0.3 is 40.5 Å². The number of anilines is 4. The number of aryl methyl sites for hydroxylation is 1. The van der Waals surface area contributed by atoms with Crippen molar-refractivity contribution >= 4 is 35.1 Å². The first kappa shape index (κ1) is 59.9. The minimum absolute atomic E-state index is 0.00388. The van der Waals surface area contributed by atoms with Crippen LogP contribution in [0.3, 0.4) is 0 Å². The molecular formula is C69H86N10O4. The maximum atomic E-state index is 12.7. The third kappa shape index (κ3) is 16.8. The van der Waals surface area contributed by atoms with Gasteiger partial charge in [0.2, 0.25) is 23.7 Å². The van der Waals surface area contributed by atoms with Crippen LogP contribution < -0.4 is 30.7 Å². The fraction of sp³-hybridized carbons (Fsp3) is 0.420. The molecule has 2 aromatic heterocycles. The Morgan fingerprint density at radius 1 is 0.566 bits per heavy atom. The molecule has 0 spiro atoms. The van der Waals surface area contributed by atoms with Crippen LogP contribution in [0.4, 0.5) is 23.3 Å². The van der Waals surface area contributed by atoms with E-state index in [1.54, 1.807) is 14.2 Å². The van der Waals surface area contributed by atoms with Gasteiger partial charge in [0, 0.05) is 72.7 Å². The second kappa shape index (κ2) is 30.0. The summed E-state index contributed by atoms with van der Waals surface area (Å²) in [6.07, 6.45) is 20.1. The Labute approximate surface area is 492 Å². The smallest absolute Gasteiger partial charge is 0.224 e. The van der Waals surface area contributed by atoms with E-state index in [-0.39, 0.29) is 23.7 Å². The molecule has 2 heterocycles. The van der Waals surface area contributed by atoms with Gasteiger partial charge in [-0.25, -0.2) is 19.9 Å². The van der Waals surface area contributed by atoms with Crippen molar-refractivity contribution in [3.05, 3.63) is 167 Å². The molecule has 0 aliphatic heterocycles. The number of carbonyl (C=O) groups excluding carboxylic acids is 2. The summed E-state index contributed by atoms with van der Waals surface area (Å²) < 4.78 is 10.8. The highest BCUT2D eigenvalue weighted by Crippen LogP contribution is 2.44. The van der Waals surface area contributed by atoms with Crippen LogP contribution in [-0.4, -0.2) is 110 Å². The number of aromatic nitrogens is 4. The summed E-state index contributed by atoms with van der Waals surface area (Å²) in [5, 5.41) is 13.0. The molecule has 4 N–H and O–H groups in total. The van der Waals surface area contributed by atoms with Gasteiger partial charge in [0.25, 0.3) is 0 Å². The molecule has 7 aromatic rings. The summed E-state index contributed by atoms with van der Waals surface area (Å²) >= 11 is 0. The molecule has 0 saturated heterocycles. The van der Waals surface area contributed by atoms with Crippen LogP contribution >= 0.6 is 0 Å². The van der Waals surface area contributed by atoms with E-state index in [0.717, 1.165) is 122 Å². The summed E-state index contributed by atoms with van der Waals surface area (Å²) in [7, 11) is 11.7. The topological polar surface area (TPSA) is 159 Å². The van der Waals surface area contributed by atoms with Crippen LogP contribution in [0, 0.1) is 5.92 Å². The molecule has 5 aromatic carbocycles. The Kier molecular flexibility index (Phi) is 21.7. The molecule has 0 bridgehead atoms. The van der Waals surface area contributed by atoms with Crippen molar-refractivity contribution < 1.29 is 19.1 Å². The molecule has 2 atom stereocenters. The van der Waals surface area contributed by atoms with Crippen molar-refractivity contribution in [2.75, 3.05) is 89.9 Å². The SMILES string of the molecule is CN(C)CCCCNc1ncc2c(n1)-c1ccccc1C(c1ccc(NC(=O)CC3CCCCCC3)cc1)C2.COc1ccc(OC)c(CCCC(=O)Nc2ccc(C3Cc4cnc(NCCCCN(C)C)nc4-c4ccccc43)cc2)c1. The number of hydrogen-bond acceptors (Lipinski definition) is 12. The lowest BCUT2D eigenvalue weighted by molar-refractivity contribution is -0.117. The molecular weight excluding hydrogens is 1030 g/mol. The average Bonchev–Trinajstić information content (AvgIpc) is 3.35. The zero-order chi connectivity index (χ0) is 57.9. The van der Waals surface area contributed by atoms with Gasteiger partial charge in [-0.1, -0.05) is 98.5 Å². The van der Waals surface area contributed by atoms with Crippen LogP contribution in [-0.2, 0) is 28.9 Å². The van der Waals surface area contributed by atoms with Crippen molar-refractivity contribution in [2.24, 2.45) is 5.92 Å². The predicted molar refractivity (Wildman–Crippen MR) is 337 cm³/mol. The van der Waals surface area contributed by atoms with Gasteiger partial charge in [-0.05, 0) is 193 Å². The second-order valence-corrected chi connectivity index (χ2v) is 23.1. The van der Waals surface area contributed by atoms with E-state index < -0.39 is 0 Å².